The Hall–Kier alpha value is -1.71. The second-order valence-corrected chi connectivity index (χ2v) is 26.5. The molecule has 460 valence electrons. The maximum absolute atomic E-state index is 15.3. The Morgan fingerprint density at radius 2 is 1.20 bits per heavy atom. The van der Waals surface area contributed by atoms with Crippen LogP contribution in [0.1, 0.15) is 119 Å². The Kier molecular flexibility index (Phi) is 17.2. The molecule has 80 heavy (non-hydrogen) atoms. The fourth-order valence-electron chi connectivity index (χ4n) is 17.6. The topological polar surface area (TPSA) is 415 Å². The molecule has 30 atom stereocenters. The molecule has 0 spiro atoms. The van der Waals surface area contributed by atoms with Crippen LogP contribution < -0.4 is 0 Å². The van der Waals surface area contributed by atoms with E-state index in [2.05, 4.69) is 41.2 Å². The molecule has 25 nitrogen and oxygen atoms in total. The molecule has 5 aliphatic carbocycles. The molecular weight excluding hydrogens is 1060 g/mol. The first-order valence-corrected chi connectivity index (χ1v) is 28.7. The lowest BCUT2D eigenvalue weighted by atomic mass is 9.32. The van der Waals surface area contributed by atoms with Crippen molar-refractivity contribution in [3.05, 3.63) is 12.2 Å². The molecule has 4 aliphatic heterocycles. The second-order valence-electron chi connectivity index (χ2n) is 26.5. The van der Waals surface area contributed by atoms with Crippen LogP contribution >= 0.6 is 0 Å². The summed E-state index contributed by atoms with van der Waals surface area (Å²) in [4.78, 5) is 15.3. The fraction of sp³-hybridized carbons (Fsp3) is 0.945. The third-order valence-electron chi connectivity index (χ3n) is 22.4. The van der Waals surface area contributed by atoms with Crippen LogP contribution in [0.15, 0.2) is 12.2 Å². The van der Waals surface area contributed by atoms with Gasteiger partial charge >= 0.3 is 23.9 Å². The van der Waals surface area contributed by atoms with E-state index in [0.717, 1.165) is 31.3 Å². The first-order valence-electron chi connectivity index (χ1n) is 28.7. The average molecular weight is 1150 g/mol. The van der Waals surface area contributed by atoms with E-state index in [1.54, 1.807) is 0 Å². The van der Waals surface area contributed by atoms with Gasteiger partial charge in [-0.25, -0.2) is 0 Å². The number of ether oxygens (including phenoxy) is 8. The van der Waals surface area contributed by atoms with Crippen LogP contribution in [0.2, 0.25) is 0 Å². The molecule has 0 amide bonds. The fourth-order valence-corrected chi connectivity index (χ4v) is 17.6. The smallest absolute Gasteiger partial charge is 0.357 e. The first-order chi connectivity index (χ1) is 37.2. The highest BCUT2D eigenvalue weighted by molar-refractivity contribution is 5.78. The first kappa shape index (κ1) is 62.8. The third-order valence-corrected chi connectivity index (χ3v) is 22.4. The number of carbonyl (C=O) groups is 1. The minimum absolute atomic E-state index is 0.0532. The lowest BCUT2D eigenvalue weighted by molar-refractivity contribution is -0.474. The number of hydrogen-bond acceptors (Lipinski definition) is 25. The van der Waals surface area contributed by atoms with Gasteiger partial charge in [0.05, 0.1) is 37.4 Å². The molecule has 4 saturated heterocycles. The van der Waals surface area contributed by atoms with Crippen LogP contribution in [0.4, 0.5) is 0 Å². The normalized spacial score (nSPS) is 55.8. The molecule has 0 aromatic heterocycles. The van der Waals surface area contributed by atoms with Gasteiger partial charge in [0.2, 0.25) is 0 Å². The number of esters is 1. The van der Waals surface area contributed by atoms with Gasteiger partial charge in [0, 0.05) is 0 Å². The molecule has 25 heteroatoms. The molecule has 0 radical (unpaired) electrons. The van der Waals surface area contributed by atoms with Crippen molar-refractivity contribution in [1.82, 2.24) is 0 Å². The molecule has 9 rings (SSSR count). The van der Waals surface area contributed by atoms with Gasteiger partial charge in [-0.15, -0.1) is 0 Å². The quantitative estimate of drug-likeness (QED) is 0.0383. The summed E-state index contributed by atoms with van der Waals surface area (Å²) in [6.45, 7) is 16.2. The number of allylic oxidation sites excluding steroid dienone is 1. The molecule has 9 aliphatic rings. The van der Waals surface area contributed by atoms with E-state index in [-0.39, 0.29) is 45.8 Å². The van der Waals surface area contributed by atoms with Crippen molar-refractivity contribution in [2.45, 2.75) is 247 Å². The Morgan fingerprint density at radius 1 is 0.600 bits per heavy atom. The monoisotopic (exact) mass is 1150 g/mol. The Labute approximate surface area is 464 Å². The number of aliphatic hydroxyl groups excluding tert-OH is 13. The van der Waals surface area contributed by atoms with Gasteiger partial charge in [-0.3, -0.25) is 4.79 Å². The molecule has 0 aromatic rings. The van der Waals surface area contributed by atoms with Crippen molar-refractivity contribution in [3.8, 4) is 0 Å². The predicted molar refractivity (Wildman–Crippen MR) is 269 cm³/mol. The average Bonchev–Trinajstić information content (AvgIpc) is 2.86. The molecule has 4 heterocycles. The van der Waals surface area contributed by atoms with Crippen LogP contribution in [-0.4, -0.2) is 235 Å². The zero-order valence-corrected chi connectivity index (χ0v) is 46.7. The van der Waals surface area contributed by atoms with Crippen LogP contribution in [0.3, 0.4) is 0 Å². The summed E-state index contributed by atoms with van der Waals surface area (Å²) in [5.74, 6) is -10.5. The Balaban J connectivity index is 0.916. The molecule has 9 fully saturated rings. The van der Waals surface area contributed by atoms with Crippen molar-refractivity contribution in [3.63, 3.8) is 0 Å². The molecule has 0 bridgehead atoms. The molecule has 16 N–H and O–H groups in total. The lowest BCUT2D eigenvalue weighted by Crippen LogP contribution is -2.70. The summed E-state index contributed by atoms with van der Waals surface area (Å²) in [7, 11) is 0. The summed E-state index contributed by atoms with van der Waals surface area (Å²) in [5, 5.41) is 174. The van der Waals surface area contributed by atoms with Crippen LogP contribution in [0, 0.1) is 56.7 Å². The highest BCUT2D eigenvalue weighted by Gasteiger charge is 2.74. The lowest BCUT2D eigenvalue weighted by Gasteiger charge is -2.73. The molecule has 5 saturated carbocycles. The van der Waals surface area contributed by atoms with Crippen molar-refractivity contribution in [1.29, 1.82) is 0 Å². The number of aliphatic hydroxyl groups is 16. The minimum Gasteiger partial charge on any atom is -0.405 e. The van der Waals surface area contributed by atoms with Crippen molar-refractivity contribution in [2.24, 2.45) is 56.7 Å². The highest BCUT2D eigenvalue weighted by atomic mass is 16.9. The SMILES string of the molecule is C=C(CC)[C@@H]1CC[C@]2(C(=O)O[C@]3(O)OC(CO[C@]4(O)OC(CO)[C@@H](OC5O[C@H](C)[C@@H](O)[C@H](O)[C@@H]5O)C(O)[C@@H]4O)[C@@H](O)C(O)[C@@H]3O)CC[C@]3(C)[C@H](CC[C@@H]4[C@@]5(C)CC[C@@H](O[C@]6(O)OC(CO)[C@@H](O)C(O)[C@@H]6O)C(C)(C)[C@@H]5CC[C@]43C)[C@@H]12. The summed E-state index contributed by atoms with van der Waals surface area (Å²) in [5.41, 5.74) is -1.78. The Bertz CT molecular complexity index is 2240. The van der Waals surface area contributed by atoms with Crippen LogP contribution in [0.25, 0.3) is 0 Å². The summed E-state index contributed by atoms with van der Waals surface area (Å²) < 4.78 is 45.4. The Morgan fingerprint density at radius 3 is 1.84 bits per heavy atom. The van der Waals surface area contributed by atoms with Crippen molar-refractivity contribution >= 4 is 5.97 Å². The van der Waals surface area contributed by atoms with Gasteiger partial charge in [-0.05, 0) is 129 Å². The van der Waals surface area contributed by atoms with E-state index in [1.807, 2.05) is 6.92 Å². The molecule has 7 unspecified atom stereocenters. The largest absolute Gasteiger partial charge is 0.405 e. The van der Waals surface area contributed by atoms with Crippen LogP contribution in [0.5, 0.6) is 0 Å². The summed E-state index contributed by atoms with van der Waals surface area (Å²) in [6.07, 6.45) is -25.7. The minimum atomic E-state index is -3.33. The second kappa shape index (κ2) is 21.9. The highest BCUT2D eigenvalue weighted by Crippen LogP contribution is 2.78. The van der Waals surface area contributed by atoms with Gasteiger partial charge in [0.25, 0.3) is 0 Å². The van der Waals surface area contributed by atoms with Gasteiger partial charge in [-0.2, -0.15) is 0 Å². The van der Waals surface area contributed by atoms with Gasteiger partial charge in [0.15, 0.2) is 24.6 Å². The van der Waals surface area contributed by atoms with E-state index in [4.69, 9.17) is 37.9 Å². The molecule has 0 aromatic carbocycles. The van der Waals surface area contributed by atoms with E-state index in [9.17, 15) is 81.7 Å². The summed E-state index contributed by atoms with van der Waals surface area (Å²) in [6, 6.07) is 0. The van der Waals surface area contributed by atoms with Crippen molar-refractivity contribution in [2.75, 3.05) is 19.8 Å². The number of carbonyl (C=O) groups excluding carboxylic acids is 1. The van der Waals surface area contributed by atoms with Crippen molar-refractivity contribution < 1.29 is 124 Å². The zero-order chi connectivity index (χ0) is 59.0. The zero-order valence-electron chi connectivity index (χ0n) is 46.7. The van der Waals surface area contributed by atoms with Gasteiger partial charge in [0.1, 0.15) is 73.2 Å². The maximum Gasteiger partial charge on any atom is 0.357 e. The standard InChI is InChI=1S/C55H90O25/c1-9-23(2)25-12-17-52(47(69)80-55(72)44(67)39(63)36(60)29(78-55)22-73-53(70)45(68)41(65)42(28(21-57)77-53)75-46-40(64)37(61)34(58)24(3)74-46)19-18-50(7)26(33(25)52)10-11-31-49(6)15-14-32(48(4,5)30(49)13-16-51(31,50)8)79-54(71)43(66)38(62)35(59)27(20-56)76-54/h24-46,56-68,70-72H,2,9-22H2,1,3-8H3/t24-,25+,26-,27?,28?,29?,30+,31-,32-,33-,34-,35-,36-,37+,38?,39?,40+,41?,42-,43+,44+,45+,46?,49+,50-,51-,52+,53+,54-,55-/m1/s1. The van der Waals surface area contributed by atoms with Gasteiger partial charge < -0.3 is 120 Å². The van der Waals surface area contributed by atoms with E-state index >= 15 is 4.79 Å². The summed E-state index contributed by atoms with van der Waals surface area (Å²) >= 11 is 0. The number of fused-ring (bicyclic) bond motifs is 7. The van der Waals surface area contributed by atoms with Gasteiger partial charge in [-0.1, -0.05) is 53.7 Å². The number of rotatable bonds is 13. The molecular formula is C55H90O25. The van der Waals surface area contributed by atoms with E-state index in [0.29, 0.717) is 44.9 Å². The predicted octanol–water partition coefficient (Wildman–Crippen LogP) is -2.80. The maximum atomic E-state index is 15.3. The third kappa shape index (κ3) is 9.60. The number of hydrogen-bond donors (Lipinski definition) is 16. The van der Waals surface area contributed by atoms with E-state index < -0.39 is 165 Å². The van der Waals surface area contributed by atoms with E-state index in [1.165, 1.54) is 6.92 Å². The van der Waals surface area contributed by atoms with Crippen LogP contribution in [-0.2, 0) is 42.7 Å².